The van der Waals surface area contributed by atoms with Gasteiger partial charge in [-0.2, -0.15) is 0 Å². The van der Waals surface area contributed by atoms with E-state index in [1.165, 1.54) is 0 Å². The first-order chi connectivity index (χ1) is 2.00. The minimum Gasteiger partial charge on any atom is -0.790 e. The second-order valence-corrected chi connectivity index (χ2v) is 1.41. The van der Waals surface area contributed by atoms with Crippen LogP contribution in [0.4, 0.5) is 0 Å². The van der Waals surface area contributed by atoms with Crippen LogP contribution in [0.5, 0.6) is 0 Å². The molecule has 0 atom stereocenters. The molecule has 0 spiro atoms. The van der Waals surface area contributed by atoms with Crippen LogP contribution in [0.3, 0.4) is 0 Å². The van der Waals surface area contributed by atoms with Crippen LogP contribution in [-0.4, -0.2) is 10.4 Å². The summed E-state index contributed by atoms with van der Waals surface area (Å²) in [5, 5.41) is 0. The number of hydrogen-bond donors (Lipinski definition) is 1. The van der Waals surface area contributed by atoms with Gasteiger partial charge < -0.3 is 24.7 Å². The average molecular weight is 169 g/mol. The predicted molar refractivity (Wildman–Crippen MR) is 13.4 cm³/mol. The molecule has 1 radical (unpaired) electrons. The Labute approximate surface area is 50.4 Å². The third kappa shape index (κ3) is 399. The molecule has 0 aliphatic heterocycles. The summed E-state index contributed by atoms with van der Waals surface area (Å²) in [5.41, 5.74) is 0. The molecule has 0 saturated heterocycles. The Balaban J connectivity index is -0.0000000800. The summed E-state index contributed by atoms with van der Waals surface area (Å²) in [4.78, 5) is 24.3. The average Bonchev–Trinajstić information content (AvgIpc) is 0.722. The van der Waals surface area contributed by atoms with Gasteiger partial charge in [0, 0.05) is 17.1 Å². The van der Waals surface area contributed by atoms with Crippen molar-refractivity contribution in [3.05, 3.63) is 0 Å². The molecular formula is H3MnO5P-2. The molecule has 0 aliphatic rings. The molecule has 47 valence electrons. The van der Waals surface area contributed by atoms with Gasteiger partial charge in [-0.25, -0.2) is 0 Å². The van der Waals surface area contributed by atoms with Gasteiger partial charge in [0.25, 0.3) is 0 Å². The fourth-order valence-corrected chi connectivity index (χ4v) is 0. The second kappa shape index (κ2) is 4.74. The quantitative estimate of drug-likeness (QED) is 0.306. The van der Waals surface area contributed by atoms with Crippen LogP contribution in [-0.2, 0) is 21.6 Å². The summed E-state index contributed by atoms with van der Waals surface area (Å²) in [7, 11) is -5.14. The first-order valence-corrected chi connectivity index (χ1v) is 2.24. The molecular weight excluding hydrogens is 166 g/mol. The monoisotopic (exact) mass is 169 g/mol. The third-order valence-electron chi connectivity index (χ3n) is 0. The van der Waals surface area contributed by atoms with Gasteiger partial charge in [0.1, 0.15) is 0 Å². The smallest absolute Gasteiger partial charge is 0.0557 e. The molecule has 0 heterocycles. The molecule has 5 nitrogen and oxygen atoms in total. The second-order valence-electron chi connectivity index (χ2n) is 0.469. The van der Waals surface area contributed by atoms with Crippen molar-refractivity contribution in [1.82, 2.24) is 0 Å². The fourth-order valence-electron chi connectivity index (χ4n) is 0. The summed E-state index contributed by atoms with van der Waals surface area (Å²) in [6, 6.07) is 0. The van der Waals surface area contributed by atoms with Crippen LogP contribution in [0.2, 0.25) is 0 Å². The van der Waals surface area contributed by atoms with E-state index in [-0.39, 0.29) is 22.5 Å². The normalized spacial score (nSPS) is 8.43. The van der Waals surface area contributed by atoms with Crippen molar-refractivity contribution >= 4 is 7.82 Å². The Morgan fingerprint density at radius 2 is 1.43 bits per heavy atom. The van der Waals surface area contributed by atoms with E-state index in [9.17, 15) is 0 Å². The molecule has 0 aliphatic carbocycles. The number of rotatable bonds is 0. The van der Waals surface area contributed by atoms with E-state index >= 15 is 0 Å². The maximum Gasteiger partial charge on any atom is 0.0557 e. The van der Waals surface area contributed by atoms with Gasteiger partial charge in [0.2, 0.25) is 0 Å². The van der Waals surface area contributed by atoms with Crippen molar-refractivity contribution in [3.8, 4) is 0 Å². The van der Waals surface area contributed by atoms with Crippen LogP contribution >= 0.6 is 7.82 Å². The molecule has 7 heteroatoms. The van der Waals surface area contributed by atoms with Gasteiger partial charge in [0.05, 0.1) is 7.82 Å². The summed E-state index contributed by atoms with van der Waals surface area (Å²) < 4.78 is 8.66. The summed E-state index contributed by atoms with van der Waals surface area (Å²) >= 11 is 0. The van der Waals surface area contributed by atoms with E-state index in [2.05, 4.69) is 0 Å². The van der Waals surface area contributed by atoms with Crippen LogP contribution < -0.4 is 9.79 Å². The Morgan fingerprint density at radius 1 is 1.43 bits per heavy atom. The summed E-state index contributed by atoms with van der Waals surface area (Å²) in [5.74, 6) is 0. The minimum atomic E-state index is -5.14. The van der Waals surface area contributed by atoms with Crippen molar-refractivity contribution in [2.24, 2.45) is 0 Å². The van der Waals surface area contributed by atoms with E-state index in [1.54, 1.807) is 0 Å². The van der Waals surface area contributed by atoms with Gasteiger partial charge in [-0.1, -0.05) is 0 Å². The zero-order chi connectivity index (χ0) is 4.50. The zero-order valence-electron chi connectivity index (χ0n) is 3.00. The maximum atomic E-state index is 8.66. The topological polar surface area (TPSA) is 115 Å². The minimum absolute atomic E-state index is 0. The van der Waals surface area contributed by atoms with Gasteiger partial charge in [-0.3, -0.25) is 0 Å². The Kier molecular flexibility index (Phi) is 10.6. The van der Waals surface area contributed by atoms with Crippen molar-refractivity contribution in [3.63, 3.8) is 0 Å². The van der Waals surface area contributed by atoms with Gasteiger partial charge in [-0.05, 0) is 0 Å². The molecule has 0 bridgehead atoms. The standard InChI is InChI=1S/Mn.H3O4P.H2O/c;1-5(2,3)4;/h;(H3,1,2,3,4);1H2/p-2. The molecule has 3 N–H and O–H groups in total. The van der Waals surface area contributed by atoms with Crippen LogP contribution in [0.1, 0.15) is 0 Å². The maximum absolute atomic E-state index is 8.66. The van der Waals surface area contributed by atoms with E-state index in [0.717, 1.165) is 0 Å². The molecule has 0 aromatic carbocycles. The molecule has 7 heavy (non-hydrogen) atoms. The molecule has 0 rings (SSSR count). The first kappa shape index (κ1) is 15.6. The molecule has 0 aromatic heterocycles. The zero-order valence-corrected chi connectivity index (χ0v) is 5.07. The summed E-state index contributed by atoms with van der Waals surface area (Å²) in [6.45, 7) is 0. The van der Waals surface area contributed by atoms with Gasteiger partial charge in [0.15, 0.2) is 0 Å². The van der Waals surface area contributed by atoms with Crippen LogP contribution in [0, 0.1) is 0 Å². The van der Waals surface area contributed by atoms with Crippen LogP contribution in [0.15, 0.2) is 0 Å². The van der Waals surface area contributed by atoms with Gasteiger partial charge >= 0.3 is 0 Å². The fraction of sp³-hybridized carbons (Fsp3) is 0. The van der Waals surface area contributed by atoms with Crippen molar-refractivity contribution < 1.29 is 41.8 Å². The molecule has 0 fully saturated rings. The number of phosphoric acid groups is 1. The Morgan fingerprint density at radius 3 is 1.43 bits per heavy atom. The van der Waals surface area contributed by atoms with E-state index in [0.29, 0.717) is 0 Å². The van der Waals surface area contributed by atoms with E-state index < -0.39 is 7.82 Å². The van der Waals surface area contributed by atoms with Crippen molar-refractivity contribution in [1.29, 1.82) is 0 Å². The molecule has 0 saturated carbocycles. The third-order valence-corrected chi connectivity index (χ3v) is 0. The SMILES string of the molecule is O.O=P([O-])([O-])O.[Mn]. The molecule has 0 amide bonds. The van der Waals surface area contributed by atoms with E-state index in [1.807, 2.05) is 0 Å². The predicted octanol–water partition coefficient (Wildman–Crippen LogP) is -3.02. The largest absolute Gasteiger partial charge is 0.790 e. The first-order valence-electron chi connectivity index (χ1n) is 0.748. The summed E-state index contributed by atoms with van der Waals surface area (Å²) in [6.07, 6.45) is 0. The number of hydrogen-bond acceptors (Lipinski definition) is 3. The van der Waals surface area contributed by atoms with Crippen LogP contribution in [0.25, 0.3) is 0 Å². The Hall–Kier alpha value is 0.589. The molecule has 0 aromatic rings. The van der Waals surface area contributed by atoms with Crippen molar-refractivity contribution in [2.45, 2.75) is 0 Å². The van der Waals surface area contributed by atoms with Gasteiger partial charge in [-0.15, -0.1) is 0 Å². The van der Waals surface area contributed by atoms with Crippen molar-refractivity contribution in [2.75, 3.05) is 0 Å². The Bertz CT molecular complexity index is 54.2. The molecule has 0 unspecified atom stereocenters. The van der Waals surface area contributed by atoms with E-state index in [4.69, 9.17) is 19.2 Å².